The molecule has 8 nitrogen and oxygen atoms in total. The molecule has 0 bridgehead atoms. The molecule has 0 saturated heterocycles. The van der Waals surface area contributed by atoms with Crippen molar-refractivity contribution in [3.63, 3.8) is 0 Å². The lowest BCUT2D eigenvalue weighted by molar-refractivity contribution is -0.386. The molecule has 0 amide bonds. The first-order valence-corrected chi connectivity index (χ1v) is 6.50. The van der Waals surface area contributed by atoms with E-state index in [1.807, 2.05) is 6.92 Å². The van der Waals surface area contributed by atoms with Gasteiger partial charge in [0.2, 0.25) is 5.89 Å². The molecule has 0 saturated carbocycles. The Morgan fingerprint density at radius 2 is 2.14 bits per heavy atom. The summed E-state index contributed by atoms with van der Waals surface area (Å²) < 4.78 is 10.7. The SMILES string of the molecule is CCc1nnc(COc2ccc(CNC)cc2[N+](=O)[O-])o1. The molecule has 0 aliphatic rings. The van der Waals surface area contributed by atoms with Gasteiger partial charge in [0.05, 0.1) is 4.92 Å². The largest absolute Gasteiger partial charge is 0.477 e. The van der Waals surface area contributed by atoms with Gasteiger partial charge in [0.25, 0.3) is 5.89 Å². The van der Waals surface area contributed by atoms with Gasteiger partial charge in [-0.15, -0.1) is 10.2 Å². The van der Waals surface area contributed by atoms with Crippen molar-refractivity contribution in [2.24, 2.45) is 0 Å². The van der Waals surface area contributed by atoms with Crippen LogP contribution in [-0.2, 0) is 19.6 Å². The van der Waals surface area contributed by atoms with Crippen LogP contribution in [-0.4, -0.2) is 22.2 Å². The Hall–Kier alpha value is -2.48. The first kappa shape index (κ1) is 14.9. The molecule has 0 aliphatic carbocycles. The topological polar surface area (TPSA) is 103 Å². The third-order valence-electron chi connectivity index (χ3n) is 2.76. The van der Waals surface area contributed by atoms with E-state index in [4.69, 9.17) is 9.15 Å². The highest BCUT2D eigenvalue weighted by molar-refractivity contribution is 5.48. The average molecular weight is 292 g/mol. The number of aryl methyl sites for hydroxylation is 1. The number of rotatable bonds is 7. The van der Waals surface area contributed by atoms with Crippen molar-refractivity contribution in [2.45, 2.75) is 26.5 Å². The summed E-state index contributed by atoms with van der Waals surface area (Å²) in [6.07, 6.45) is 0.631. The van der Waals surface area contributed by atoms with E-state index in [1.54, 1.807) is 19.2 Å². The van der Waals surface area contributed by atoms with Crippen molar-refractivity contribution >= 4 is 5.69 Å². The van der Waals surface area contributed by atoms with Crippen molar-refractivity contribution in [3.8, 4) is 5.75 Å². The quantitative estimate of drug-likeness (QED) is 0.613. The molecule has 1 N–H and O–H groups in total. The van der Waals surface area contributed by atoms with Gasteiger partial charge in [-0.05, 0) is 18.7 Å². The molecule has 1 aromatic carbocycles. The molecular formula is C13H16N4O4. The predicted octanol–water partition coefficient (Wildman–Crippen LogP) is 1.84. The number of benzene rings is 1. The minimum absolute atomic E-state index is 0.000779. The van der Waals surface area contributed by atoms with Crippen LogP contribution in [0.15, 0.2) is 22.6 Å². The predicted molar refractivity (Wildman–Crippen MR) is 73.9 cm³/mol. The van der Waals surface area contributed by atoms with Gasteiger partial charge in [-0.2, -0.15) is 0 Å². The summed E-state index contributed by atoms with van der Waals surface area (Å²) >= 11 is 0. The van der Waals surface area contributed by atoms with Crippen LogP contribution in [0.3, 0.4) is 0 Å². The lowest BCUT2D eigenvalue weighted by Gasteiger charge is -2.06. The van der Waals surface area contributed by atoms with Gasteiger partial charge in [-0.3, -0.25) is 10.1 Å². The lowest BCUT2D eigenvalue weighted by atomic mass is 10.2. The van der Waals surface area contributed by atoms with Gasteiger partial charge in [0.15, 0.2) is 12.4 Å². The van der Waals surface area contributed by atoms with Crippen LogP contribution in [0.5, 0.6) is 5.75 Å². The van der Waals surface area contributed by atoms with Gasteiger partial charge >= 0.3 is 5.69 Å². The van der Waals surface area contributed by atoms with Crippen molar-refractivity contribution in [2.75, 3.05) is 7.05 Å². The zero-order valence-corrected chi connectivity index (χ0v) is 11.8. The smallest absolute Gasteiger partial charge is 0.311 e. The molecule has 1 aromatic heterocycles. The first-order valence-electron chi connectivity index (χ1n) is 6.50. The number of nitro groups is 1. The maximum atomic E-state index is 11.1. The van der Waals surface area contributed by atoms with Crippen molar-refractivity contribution in [1.29, 1.82) is 0 Å². The Morgan fingerprint density at radius 1 is 1.38 bits per heavy atom. The number of hydrogen-bond donors (Lipinski definition) is 1. The fourth-order valence-corrected chi connectivity index (χ4v) is 1.77. The second-order valence-corrected chi connectivity index (χ2v) is 4.32. The van der Waals surface area contributed by atoms with Gasteiger partial charge in [-0.25, -0.2) is 0 Å². The molecule has 21 heavy (non-hydrogen) atoms. The third kappa shape index (κ3) is 3.76. The van der Waals surface area contributed by atoms with E-state index in [-0.39, 0.29) is 18.0 Å². The first-order chi connectivity index (χ1) is 10.1. The van der Waals surface area contributed by atoms with E-state index in [2.05, 4.69) is 15.5 Å². The van der Waals surface area contributed by atoms with Crippen molar-refractivity contribution in [3.05, 3.63) is 45.7 Å². The van der Waals surface area contributed by atoms with E-state index >= 15 is 0 Å². The summed E-state index contributed by atoms with van der Waals surface area (Å²) in [5, 5.41) is 21.6. The lowest BCUT2D eigenvalue weighted by Crippen LogP contribution is -2.06. The number of nitrogens with zero attached hydrogens (tertiary/aromatic N) is 3. The highest BCUT2D eigenvalue weighted by Crippen LogP contribution is 2.28. The molecule has 8 heteroatoms. The van der Waals surface area contributed by atoms with Gasteiger partial charge in [0.1, 0.15) is 0 Å². The monoisotopic (exact) mass is 292 g/mol. The van der Waals surface area contributed by atoms with Crippen LogP contribution in [0.4, 0.5) is 5.69 Å². The number of nitrogens with one attached hydrogen (secondary N) is 1. The maximum absolute atomic E-state index is 11.1. The van der Waals surface area contributed by atoms with Crippen LogP contribution in [0.1, 0.15) is 24.3 Å². The standard InChI is InChI=1S/C13H16N4O4/c1-3-12-15-16-13(21-12)8-20-11-5-4-9(7-14-2)6-10(11)17(18)19/h4-6,14H,3,7-8H2,1-2H3. The summed E-state index contributed by atoms with van der Waals surface area (Å²) in [4.78, 5) is 10.6. The van der Waals surface area contributed by atoms with Crippen LogP contribution in [0.25, 0.3) is 0 Å². The summed E-state index contributed by atoms with van der Waals surface area (Å²) in [6.45, 7) is 2.44. The molecule has 1 heterocycles. The minimum atomic E-state index is -0.472. The summed E-state index contributed by atoms with van der Waals surface area (Å²) in [5.74, 6) is 0.976. The number of nitro benzene ring substituents is 1. The molecule has 0 spiro atoms. The zero-order chi connectivity index (χ0) is 15.2. The Bertz CT molecular complexity index is 626. The molecule has 0 atom stereocenters. The average Bonchev–Trinajstić information content (AvgIpc) is 2.94. The van der Waals surface area contributed by atoms with E-state index < -0.39 is 4.92 Å². The van der Waals surface area contributed by atoms with Crippen LogP contribution in [0, 0.1) is 10.1 Å². The van der Waals surface area contributed by atoms with Crippen molar-refractivity contribution in [1.82, 2.24) is 15.5 Å². The summed E-state index contributed by atoms with van der Waals surface area (Å²) in [6, 6.07) is 4.82. The Kier molecular flexibility index (Phi) is 4.83. The molecule has 0 unspecified atom stereocenters. The number of hydrogen-bond acceptors (Lipinski definition) is 7. The maximum Gasteiger partial charge on any atom is 0.311 e. The van der Waals surface area contributed by atoms with Crippen molar-refractivity contribution < 1.29 is 14.1 Å². The van der Waals surface area contributed by atoms with Crippen LogP contribution >= 0.6 is 0 Å². The zero-order valence-electron chi connectivity index (χ0n) is 11.8. The Labute approximate surface area is 121 Å². The summed E-state index contributed by atoms with van der Waals surface area (Å²) in [7, 11) is 1.77. The molecule has 2 rings (SSSR count). The van der Waals surface area contributed by atoms with E-state index in [9.17, 15) is 10.1 Å². The third-order valence-corrected chi connectivity index (χ3v) is 2.76. The van der Waals surface area contributed by atoms with E-state index in [0.29, 0.717) is 24.7 Å². The molecular weight excluding hydrogens is 276 g/mol. The van der Waals surface area contributed by atoms with Gasteiger partial charge < -0.3 is 14.5 Å². The van der Waals surface area contributed by atoms with Gasteiger partial charge in [0, 0.05) is 19.0 Å². The molecule has 0 radical (unpaired) electrons. The highest BCUT2D eigenvalue weighted by atomic mass is 16.6. The highest BCUT2D eigenvalue weighted by Gasteiger charge is 2.17. The Balaban J connectivity index is 2.13. The summed E-state index contributed by atoms with van der Waals surface area (Å²) in [5.41, 5.74) is 0.723. The fraction of sp³-hybridized carbons (Fsp3) is 0.385. The van der Waals surface area contributed by atoms with E-state index in [1.165, 1.54) is 6.07 Å². The molecule has 112 valence electrons. The number of aromatic nitrogens is 2. The fourth-order valence-electron chi connectivity index (χ4n) is 1.77. The molecule has 2 aromatic rings. The molecule has 0 fully saturated rings. The minimum Gasteiger partial charge on any atom is -0.477 e. The number of ether oxygens (including phenoxy) is 1. The molecule has 0 aliphatic heterocycles. The normalized spacial score (nSPS) is 10.6. The van der Waals surface area contributed by atoms with Crippen LogP contribution in [0.2, 0.25) is 0 Å². The second-order valence-electron chi connectivity index (χ2n) is 4.32. The van der Waals surface area contributed by atoms with Crippen LogP contribution < -0.4 is 10.1 Å². The van der Waals surface area contributed by atoms with Gasteiger partial charge in [-0.1, -0.05) is 13.0 Å². The Morgan fingerprint density at radius 3 is 2.76 bits per heavy atom. The second kappa shape index (κ2) is 6.80. The van der Waals surface area contributed by atoms with E-state index in [0.717, 1.165) is 5.56 Å².